The van der Waals surface area contributed by atoms with E-state index >= 15 is 0 Å². The van der Waals surface area contributed by atoms with Crippen LogP contribution in [0.5, 0.6) is 0 Å². The highest BCUT2D eigenvalue weighted by Crippen LogP contribution is 2.76. The number of nitrogens with zero attached hydrogens (tertiary/aromatic N) is 1. The summed E-state index contributed by atoms with van der Waals surface area (Å²) >= 11 is 0. The number of nitrogens with one attached hydrogen (secondary N) is 2. The van der Waals surface area contributed by atoms with Gasteiger partial charge >= 0.3 is 0 Å². The quantitative estimate of drug-likeness (QED) is 0.312. The fourth-order valence-electron chi connectivity index (χ4n) is 9.07. The third-order valence-electron chi connectivity index (χ3n) is 10.4. The third-order valence-corrected chi connectivity index (χ3v) is 10.4. The van der Waals surface area contributed by atoms with Crippen LogP contribution in [0.2, 0.25) is 0 Å². The van der Waals surface area contributed by atoms with Crippen LogP contribution in [0.15, 0.2) is 60.8 Å². The van der Waals surface area contributed by atoms with Crippen molar-refractivity contribution in [2.45, 2.75) is 50.7 Å². The molecule has 4 aliphatic carbocycles. The lowest BCUT2D eigenvalue weighted by atomic mass is 9.36. The number of rotatable bonds is 2. The molecular formula is C28H33N3O5. The van der Waals surface area contributed by atoms with Gasteiger partial charge in [-0.05, 0) is 29.7 Å². The van der Waals surface area contributed by atoms with Gasteiger partial charge in [0, 0.05) is 29.0 Å². The molecular weight excluding hydrogens is 458 g/mol. The minimum atomic E-state index is -2.17. The summed E-state index contributed by atoms with van der Waals surface area (Å²) in [6, 6.07) is 9.66. The van der Waals surface area contributed by atoms with Crippen molar-refractivity contribution in [2.75, 3.05) is 6.61 Å². The summed E-state index contributed by atoms with van der Waals surface area (Å²) in [5.74, 6) is -3.77. The number of ether oxygens (including phenoxy) is 1. The molecule has 1 aromatic carbocycles. The van der Waals surface area contributed by atoms with Crippen molar-refractivity contribution in [3.63, 3.8) is 0 Å². The first kappa shape index (κ1) is 22.7. The molecule has 5 N–H and O–H groups in total. The van der Waals surface area contributed by atoms with Gasteiger partial charge in [0.15, 0.2) is 5.78 Å². The Hall–Kier alpha value is -2.49. The smallest absolute Gasteiger partial charge is 0.208 e. The Balaban J connectivity index is 1.42. The number of hydrazine groups is 2. The summed E-state index contributed by atoms with van der Waals surface area (Å²) in [5, 5.41) is 37.5. The Morgan fingerprint density at radius 1 is 1.14 bits per heavy atom. The number of allylic oxidation sites excluding steroid dienone is 1. The first-order valence-electron chi connectivity index (χ1n) is 12.8. The maximum absolute atomic E-state index is 13.9. The Kier molecular flexibility index (Phi) is 4.33. The predicted molar refractivity (Wildman–Crippen MR) is 131 cm³/mol. The lowest BCUT2D eigenvalue weighted by Crippen LogP contribution is -2.86. The summed E-state index contributed by atoms with van der Waals surface area (Å²) < 4.78 is 6.17. The van der Waals surface area contributed by atoms with Crippen molar-refractivity contribution >= 4 is 11.5 Å². The van der Waals surface area contributed by atoms with E-state index in [1.807, 2.05) is 41.5 Å². The lowest BCUT2D eigenvalue weighted by Gasteiger charge is -2.74. The van der Waals surface area contributed by atoms with Crippen LogP contribution in [-0.2, 0) is 9.53 Å². The molecule has 2 saturated heterocycles. The molecule has 9 atom stereocenters. The fraction of sp³-hybridized carbons (Fsp3) is 0.536. The molecule has 36 heavy (non-hydrogen) atoms. The van der Waals surface area contributed by atoms with Crippen molar-refractivity contribution in [3.05, 3.63) is 66.4 Å². The number of ketones is 1. The van der Waals surface area contributed by atoms with Gasteiger partial charge in [0.1, 0.15) is 11.5 Å². The van der Waals surface area contributed by atoms with Crippen LogP contribution in [0.25, 0.3) is 5.70 Å². The molecule has 2 spiro atoms. The van der Waals surface area contributed by atoms with E-state index < -0.39 is 52.0 Å². The fourth-order valence-corrected chi connectivity index (χ4v) is 9.07. The van der Waals surface area contributed by atoms with Gasteiger partial charge in [-0.3, -0.25) is 9.80 Å². The zero-order valence-corrected chi connectivity index (χ0v) is 20.5. The number of carbonyl (C=O) groups is 1. The number of aliphatic hydroxyl groups is 3. The largest absolute Gasteiger partial charge is 0.391 e. The van der Waals surface area contributed by atoms with E-state index in [9.17, 15) is 20.1 Å². The van der Waals surface area contributed by atoms with Crippen LogP contribution >= 0.6 is 0 Å². The molecule has 0 amide bonds. The molecule has 3 saturated carbocycles. The van der Waals surface area contributed by atoms with Crippen LogP contribution in [-0.4, -0.2) is 56.8 Å². The van der Waals surface area contributed by atoms with Crippen molar-refractivity contribution in [1.82, 2.24) is 16.0 Å². The van der Waals surface area contributed by atoms with Crippen LogP contribution in [0, 0.1) is 34.0 Å². The van der Waals surface area contributed by atoms with Gasteiger partial charge in [0.25, 0.3) is 0 Å². The van der Waals surface area contributed by atoms with Crippen molar-refractivity contribution in [2.24, 2.45) is 34.0 Å². The highest BCUT2D eigenvalue weighted by atomic mass is 16.6. The highest BCUT2D eigenvalue weighted by molar-refractivity contribution is 6.05. The standard InChI is InChI=1S/C28H33N3O5/c1-15-17-9-10-19-26-14-36-28(35,27(19,22(15)32)23(17)33)24(34)21(26)25(2,3)12-11-20(26)31-13-18(29-30-31)16-7-5-4-6-8-16/h4-8,11-13,17,19-21,23-24,29-30,33-35H,1,9-10,14H2,2-3H3/t17-,19-,20-,21+,23+,24-,26+,27-,28-/m0/s1. The predicted octanol–water partition coefficient (Wildman–Crippen LogP) is 1.48. The normalized spacial score (nSPS) is 47.9. The molecule has 5 fully saturated rings. The highest BCUT2D eigenvalue weighted by Gasteiger charge is 2.86. The van der Waals surface area contributed by atoms with E-state index in [2.05, 4.69) is 43.5 Å². The Morgan fingerprint density at radius 2 is 1.89 bits per heavy atom. The topological polar surface area (TPSA) is 114 Å². The lowest BCUT2D eigenvalue weighted by molar-refractivity contribution is -0.447. The second-order valence-electron chi connectivity index (χ2n) is 12.1. The first-order valence-corrected chi connectivity index (χ1v) is 12.8. The van der Waals surface area contributed by atoms with Gasteiger partial charge in [-0.2, -0.15) is 0 Å². The summed E-state index contributed by atoms with van der Waals surface area (Å²) in [7, 11) is 0. The van der Waals surface area contributed by atoms with Crippen LogP contribution in [0.1, 0.15) is 32.3 Å². The molecule has 4 bridgehead atoms. The number of Topliss-reactive ketones (excluding diaryl/α,β-unsaturated/α-hetero) is 1. The molecule has 0 unspecified atom stereocenters. The van der Waals surface area contributed by atoms with Gasteiger partial charge in [0.05, 0.1) is 24.4 Å². The number of hydrogen-bond acceptors (Lipinski definition) is 8. The van der Waals surface area contributed by atoms with E-state index in [1.54, 1.807) is 0 Å². The summed E-state index contributed by atoms with van der Waals surface area (Å²) in [6.45, 7) is 8.30. The van der Waals surface area contributed by atoms with E-state index in [1.165, 1.54) is 0 Å². The maximum Gasteiger partial charge on any atom is 0.208 e. The summed E-state index contributed by atoms with van der Waals surface area (Å²) in [5.41, 5.74) is 5.92. The molecule has 0 aromatic heterocycles. The van der Waals surface area contributed by atoms with Crippen molar-refractivity contribution in [1.29, 1.82) is 0 Å². The molecule has 3 aliphatic heterocycles. The molecule has 8 nitrogen and oxygen atoms in total. The number of aliphatic hydroxyl groups excluding tert-OH is 2. The van der Waals surface area contributed by atoms with Crippen LogP contribution < -0.4 is 11.0 Å². The SMILES string of the molecule is C=C1C(=O)[C@]23[C@H](O)[C@H]1CC[C@H]2[C@@]12CO[C@@]3(O)[C@@H](O)[C@@H]1C(C)(C)C=C[C@@H]2N1C=C(c2ccccc2)NN1. The second kappa shape index (κ2) is 6.88. The monoisotopic (exact) mass is 491 g/mol. The minimum Gasteiger partial charge on any atom is -0.391 e. The van der Waals surface area contributed by atoms with Gasteiger partial charge in [0.2, 0.25) is 5.79 Å². The number of hydrogen-bond donors (Lipinski definition) is 5. The van der Waals surface area contributed by atoms with Gasteiger partial charge in [-0.1, -0.05) is 62.9 Å². The molecule has 8 heteroatoms. The third kappa shape index (κ3) is 2.28. The first-order chi connectivity index (χ1) is 17.1. The molecule has 1 aromatic rings. The van der Waals surface area contributed by atoms with E-state index in [0.717, 1.165) is 11.3 Å². The van der Waals surface area contributed by atoms with Crippen molar-refractivity contribution in [3.8, 4) is 0 Å². The van der Waals surface area contributed by atoms with E-state index in [-0.39, 0.29) is 18.4 Å². The number of benzene rings is 1. The molecule has 3 heterocycles. The Labute approximate surface area is 210 Å². The summed E-state index contributed by atoms with van der Waals surface area (Å²) in [4.78, 5) is 13.9. The molecule has 7 aliphatic rings. The van der Waals surface area contributed by atoms with Crippen LogP contribution in [0.3, 0.4) is 0 Å². The maximum atomic E-state index is 13.9. The molecule has 8 rings (SSSR count). The minimum absolute atomic E-state index is 0.167. The Bertz CT molecular complexity index is 1230. The summed E-state index contributed by atoms with van der Waals surface area (Å²) in [6.07, 6.45) is 4.97. The zero-order valence-electron chi connectivity index (χ0n) is 20.5. The Morgan fingerprint density at radius 3 is 2.64 bits per heavy atom. The van der Waals surface area contributed by atoms with Crippen molar-refractivity contribution < 1.29 is 24.9 Å². The van der Waals surface area contributed by atoms with E-state index in [4.69, 9.17) is 4.74 Å². The zero-order chi connectivity index (χ0) is 25.3. The number of carbonyl (C=O) groups excluding carboxylic acids is 1. The van der Waals surface area contributed by atoms with E-state index in [0.29, 0.717) is 18.4 Å². The average Bonchev–Trinajstić information content (AvgIpc) is 3.37. The molecule has 0 radical (unpaired) electrons. The second-order valence-corrected chi connectivity index (χ2v) is 12.1. The molecule has 190 valence electrons. The average molecular weight is 492 g/mol. The van der Waals surface area contributed by atoms with Gasteiger partial charge in [-0.15, -0.1) is 5.53 Å². The van der Waals surface area contributed by atoms with Gasteiger partial charge in [-0.25, -0.2) is 0 Å². The number of fused-ring (bicyclic) bond motifs is 2. The van der Waals surface area contributed by atoms with Crippen LogP contribution in [0.4, 0.5) is 0 Å². The van der Waals surface area contributed by atoms with Gasteiger partial charge < -0.3 is 25.5 Å².